The van der Waals surface area contributed by atoms with Gasteiger partial charge >= 0.3 is 0 Å². The van der Waals surface area contributed by atoms with Crippen molar-refractivity contribution < 1.29 is 13.2 Å². The quantitative estimate of drug-likeness (QED) is 0.705. The summed E-state index contributed by atoms with van der Waals surface area (Å²) < 4.78 is 25.5. The van der Waals surface area contributed by atoms with Gasteiger partial charge in [-0.25, -0.2) is 12.7 Å². The van der Waals surface area contributed by atoms with E-state index in [1.54, 1.807) is 0 Å². The van der Waals surface area contributed by atoms with Crippen LogP contribution >= 0.6 is 11.6 Å². The molecule has 1 aromatic rings. The van der Waals surface area contributed by atoms with Gasteiger partial charge in [-0.3, -0.25) is 4.79 Å². The van der Waals surface area contributed by atoms with Crippen LogP contribution in [0.4, 0.5) is 5.69 Å². The minimum Gasteiger partial charge on any atom is -0.325 e. The molecule has 0 bridgehead atoms. The summed E-state index contributed by atoms with van der Waals surface area (Å²) in [6.45, 7) is 5.89. The van der Waals surface area contributed by atoms with Gasteiger partial charge in [0, 0.05) is 27.1 Å². The number of rotatable bonds is 9. The van der Waals surface area contributed by atoms with Crippen LogP contribution in [0.5, 0.6) is 0 Å². The summed E-state index contributed by atoms with van der Waals surface area (Å²) in [6, 6.07) is 4.29. The fourth-order valence-corrected chi connectivity index (χ4v) is 3.16. The Kier molecular flexibility index (Phi) is 8.34. The molecule has 0 heterocycles. The summed E-state index contributed by atoms with van der Waals surface area (Å²) in [4.78, 5) is 14.3. The van der Waals surface area contributed by atoms with E-state index in [4.69, 9.17) is 11.6 Å². The van der Waals surface area contributed by atoms with E-state index >= 15 is 0 Å². The largest absolute Gasteiger partial charge is 0.325 e. The van der Waals surface area contributed by atoms with Crippen molar-refractivity contribution in [2.75, 3.05) is 39.5 Å². The van der Waals surface area contributed by atoms with Gasteiger partial charge < -0.3 is 10.2 Å². The number of amides is 1. The fourth-order valence-electron chi connectivity index (χ4n) is 2.07. The van der Waals surface area contributed by atoms with E-state index in [1.165, 1.54) is 32.3 Å². The van der Waals surface area contributed by atoms with Crippen molar-refractivity contribution in [2.24, 2.45) is 5.92 Å². The van der Waals surface area contributed by atoms with Crippen LogP contribution in [0.1, 0.15) is 26.7 Å². The Morgan fingerprint density at radius 2 is 1.84 bits per heavy atom. The maximum Gasteiger partial charge on any atom is 0.242 e. The van der Waals surface area contributed by atoms with Crippen molar-refractivity contribution in [3.05, 3.63) is 23.2 Å². The maximum atomic E-state index is 12.2. The first-order valence-corrected chi connectivity index (χ1v) is 10.1. The van der Waals surface area contributed by atoms with E-state index in [2.05, 4.69) is 24.1 Å². The number of nitrogens with zero attached hydrogens (tertiary/aromatic N) is 2. The molecule has 0 fully saturated rings. The number of benzene rings is 1. The fraction of sp³-hybridized carbons (Fsp3) is 0.588. The molecule has 0 aliphatic rings. The highest BCUT2D eigenvalue weighted by atomic mass is 35.5. The molecule has 6 nitrogen and oxygen atoms in total. The molecule has 0 aromatic heterocycles. The van der Waals surface area contributed by atoms with Gasteiger partial charge in [0.25, 0.3) is 0 Å². The Labute approximate surface area is 156 Å². The molecular formula is C17H28ClN3O3S. The number of carbonyl (C=O) groups excluding carboxylic acids is 1. The molecule has 1 aromatic carbocycles. The molecule has 0 spiro atoms. The van der Waals surface area contributed by atoms with Gasteiger partial charge in [-0.15, -0.1) is 0 Å². The topological polar surface area (TPSA) is 69.7 Å². The second-order valence-electron chi connectivity index (χ2n) is 6.71. The van der Waals surface area contributed by atoms with Crippen LogP contribution in [0.25, 0.3) is 0 Å². The first kappa shape index (κ1) is 21.9. The third-order valence-corrected chi connectivity index (χ3v) is 5.94. The van der Waals surface area contributed by atoms with Gasteiger partial charge in [-0.2, -0.15) is 0 Å². The Morgan fingerprint density at radius 1 is 1.20 bits per heavy atom. The molecule has 8 heteroatoms. The molecule has 0 radical (unpaired) electrons. The van der Waals surface area contributed by atoms with Crippen LogP contribution in [0.3, 0.4) is 0 Å². The molecule has 142 valence electrons. The van der Waals surface area contributed by atoms with Crippen LogP contribution in [0.15, 0.2) is 23.1 Å². The van der Waals surface area contributed by atoms with E-state index < -0.39 is 10.0 Å². The van der Waals surface area contributed by atoms with Crippen molar-refractivity contribution in [3.8, 4) is 0 Å². The number of nitrogens with one attached hydrogen (secondary N) is 1. The van der Waals surface area contributed by atoms with E-state index in [0.29, 0.717) is 29.6 Å². The summed E-state index contributed by atoms with van der Waals surface area (Å²) in [5.74, 6) is 0.425. The summed E-state index contributed by atoms with van der Waals surface area (Å²) in [7, 11) is 1.31. The van der Waals surface area contributed by atoms with Gasteiger partial charge in [0.2, 0.25) is 15.9 Å². The third-order valence-electron chi connectivity index (χ3n) is 3.80. The van der Waals surface area contributed by atoms with Crippen molar-refractivity contribution in [3.63, 3.8) is 0 Å². The molecule has 0 unspecified atom stereocenters. The van der Waals surface area contributed by atoms with Gasteiger partial charge in [0.15, 0.2) is 0 Å². The summed E-state index contributed by atoms with van der Waals surface area (Å²) in [6.07, 6.45) is 1.39. The molecule has 25 heavy (non-hydrogen) atoms. The molecule has 1 N–H and O–H groups in total. The molecule has 1 rings (SSSR count). The second kappa shape index (κ2) is 9.52. The highest BCUT2D eigenvalue weighted by molar-refractivity contribution is 7.89. The molecular weight excluding hydrogens is 362 g/mol. The first-order valence-electron chi connectivity index (χ1n) is 8.24. The Bertz CT molecular complexity index is 690. The number of carbonyl (C=O) groups is 1. The van der Waals surface area contributed by atoms with Crippen LogP contribution in [0, 0.1) is 5.92 Å². The van der Waals surface area contributed by atoms with E-state index in [9.17, 15) is 13.2 Å². The number of hydrogen-bond donors (Lipinski definition) is 1. The lowest BCUT2D eigenvalue weighted by Crippen LogP contribution is -2.26. The van der Waals surface area contributed by atoms with E-state index in [0.717, 1.165) is 17.3 Å². The molecule has 0 atom stereocenters. The van der Waals surface area contributed by atoms with Crippen molar-refractivity contribution in [1.29, 1.82) is 0 Å². The summed E-state index contributed by atoms with van der Waals surface area (Å²) in [5, 5.41) is 3.01. The average molecular weight is 390 g/mol. The summed E-state index contributed by atoms with van der Waals surface area (Å²) in [5.41, 5.74) is 0.305. The standard InChI is InChI=1S/C17H28ClN3O3S/c1-13(2)8-10-21(5)11-9-17(22)19-16-12-14(6-7-15(16)18)25(23,24)20(3)4/h6-7,12-13H,8-11H2,1-5H3,(H,19,22). The molecule has 0 saturated heterocycles. The van der Waals surface area contributed by atoms with Gasteiger partial charge in [-0.1, -0.05) is 25.4 Å². The Hall–Kier alpha value is -1.15. The smallest absolute Gasteiger partial charge is 0.242 e. The number of sulfonamides is 1. The average Bonchev–Trinajstić information content (AvgIpc) is 2.52. The lowest BCUT2D eigenvalue weighted by atomic mass is 10.1. The monoisotopic (exact) mass is 389 g/mol. The zero-order valence-electron chi connectivity index (χ0n) is 15.5. The maximum absolute atomic E-state index is 12.2. The normalized spacial score (nSPS) is 12.2. The van der Waals surface area contributed by atoms with E-state index in [-0.39, 0.29) is 10.8 Å². The Morgan fingerprint density at radius 3 is 2.40 bits per heavy atom. The van der Waals surface area contributed by atoms with Crippen LogP contribution < -0.4 is 5.32 Å². The van der Waals surface area contributed by atoms with E-state index in [1.807, 2.05) is 7.05 Å². The predicted molar refractivity (Wildman–Crippen MR) is 103 cm³/mol. The zero-order valence-corrected chi connectivity index (χ0v) is 17.1. The minimum absolute atomic E-state index is 0.0891. The highest BCUT2D eigenvalue weighted by Crippen LogP contribution is 2.26. The zero-order chi connectivity index (χ0) is 19.2. The second-order valence-corrected chi connectivity index (χ2v) is 9.27. The molecule has 1 amide bonds. The predicted octanol–water partition coefficient (Wildman–Crippen LogP) is 2.90. The number of halogens is 1. The van der Waals surface area contributed by atoms with Gasteiger partial charge in [-0.05, 0) is 44.1 Å². The van der Waals surface area contributed by atoms with Gasteiger partial charge in [0.05, 0.1) is 15.6 Å². The SMILES string of the molecule is CC(C)CCN(C)CCC(=O)Nc1cc(S(=O)(=O)N(C)C)ccc1Cl. The number of anilines is 1. The van der Waals surface area contributed by atoms with Crippen molar-refractivity contribution in [1.82, 2.24) is 9.21 Å². The van der Waals surface area contributed by atoms with Gasteiger partial charge in [0.1, 0.15) is 0 Å². The molecule has 0 aliphatic heterocycles. The lowest BCUT2D eigenvalue weighted by Gasteiger charge is -2.18. The van der Waals surface area contributed by atoms with Crippen LogP contribution in [-0.2, 0) is 14.8 Å². The van der Waals surface area contributed by atoms with Crippen LogP contribution in [-0.4, -0.2) is 57.8 Å². The van der Waals surface area contributed by atoms with Crippen molar-refractivity contribution in [2.45, 2.75) is 31.6 Å². The Balaban J connectivity index is 2.71. The lowest BCUT2D eigenvalue weighted by molar-refractivity contribution is -0.116. The minimum atomic E-state index is -3.58. The molecule has 0 saturated carbocycles. The summed E-state index contributed by atoms with van der Waals surface area (Å²) >= 11 is 6.08. The third kappa shape index (κ3) is 6.93. The van der Waals surface area contributed by atoms with Crippen molar-refractivity contribution >= 4 is 33.2 Å². The van der Waals surface area contributed by atoms with Crippen LogP contribution in [0.2, 0.25) is 5.02 Å². The molecule has 0 aliphatic carbocycles. The highest BCUT2D eigenvalue weighted by Gasteiger charge is 2.19. The number of hydrogen-bond acceptors (Lipinski definition) is 4. The first-order chi connectivity index (χ1) is 11.5.